The van der Waals surface area contributed by atoms with E-state index in [0.717, 1.165) is 37.0 Å². The smallest absolute Gasteiger partial charge is 0.251 e. The molecule has 0 spiro atoms. The Balaban J connectivity index is 1.75. The molecule has 19 heavy (non-hydrogen) atoms. The fourth-order valence-corrected chi connectivity index (χ4v) is 2.82. The van der Waals surface area contributed by atoms with E-state index in [2.05, 4.69) is 5.10 Å². The molecule has 1 aliphatic heterocycles. The number of benzene rings is 1. The Labute approximate surface area is 112 Å². The average Bonchev–Trinajstić information content (AvgIpc) is 2.60. The van der Waals surface area contributed by atoms with E-state index >= 15 is 0 Å². The van der Waals surface area contributed by atoms with Gasteiger partial charge < -0.3 is 0 Å². The normalized spacial score (nSPS) is 23.0. The highest BCUT2D eigenvalue weighted by atomic mass is 19.1. The molecule has 1 fully saturated rings. The molecule has 1 aromatic carbocycles. The molecule has 1 atom stereocenters. The zero-order valence-electron chi connectivity index (χ0n) is 10.8. The van der Waals surface area contributed by atoms with Gasteiger partial charge in [0.25, 0.3) is 5.91 Å². The number of fused-ring (bicyclic) bond motifs is 1. The van der Waals surface area contributed by atoms with Gasteiger partial charge in [0.05, 0.1) is 18.2 Å². The maximum absolute atomic E-state index is 12.9. The second-order valence-corrected chi connectivity index (χ2v) is 5.27. The van der Waals surface area contributed by atoms with Gasteiger partial charge in [0.2, 0.25) is 0 Å². The van der Waals surface area contributed by atoms with Crippen LogP contribution in [0, 0.1) is 11.7 Å². The molecular formula is C15H17FN2O. The van der Waals surface area contributed by atoms with Gasteiger partial charge in [-0.3, -0.25) is 4.79 Å². The average molecular weight is 260 g/mol. The molecule has 3 nitrogen and oxygen atoms in total. The molecule has 1 amide bonds. The summed E-state index contributed by atoms with van der Waals surface area (Å²) >= 11 is 0. The summed E-state index contributed by atoms with van der Waals surface area (Å²) in [6.07, 6.45) is 5.31. The Morgan fingerprint density at radius 3 is 2.79 bits per heavy atom. The van der Waals surface area contributed by atoms with Gasteiger partial charge in [-0.15, -0.1) is 0 Å². The Morgan fingerprint density at radius 2 is 2.00 bits per heavy atom. The Kier molecular flexibility index (Phi) is 3.32. The molecule has 1 aliphatic carbocycles. The first-order valence-corrected chi connectivity index (χ1v) is 6.87. The van der Waals surface area contributed by atoms with Crippen LogP contribution in [0.4, 0.5) is 4.39 Å². The fraction of sp³-hybridized carbons (Fsp3) is 0.467. The summed E-state index contributed by atoms with van der Waals surface area (Å²) in [7, 11) is 0. The van der Waals surface area contributed by atoms with Crippen LogP contribution in [0.3, 0.4) is 0 Å². The monoisotopic (exact) mass is 260 g/mol. The lowest BCUT2D eigenvalue weighted by Crippen LogP contribution is -2.26. The van der Waals surface area contributed by atoms with E-state index in [1.807, 2.05) is 0 Å². The highest BCUT2D eigenvalue weighted by molar-refractivity contribution is 6.08. The lowest BCUT2D eigenvalue weighted by molar-refractivity contribution is -0.132. The van der Waals surface area contributed by atoms with E-state index in [1.165, 1.54) is 18.6 Å². The summed E-state index contributed by atoms with van der Waals surface area (Å²) in [6, 6.07) is 6.25. The number of carbonyl (C=O) groups is 1. The van der Waals surface area contributed by atoms with Crippen LogP contribution in [-0.4, -0.2) is 16.6 Å². The number of hydrogen-bond donors (Lipinski definition) is 0. The molecule has 0 N–H and O–H groups in total. The van der Waals surface area contributed by atoms with Crippen LogP contribution < -0.4 is 0 Å². The summed E-state index contributed by atoms with van der Waals surface area (Å²) in [4.78, 5) is 12.3. The van der Waals surface area contributed by atoms with Gasteiger partial charge in [-0.25, -0.2) is 9.40 Å². The van der Waals surface area contributed by atoms with E-state index in [9.17, 15) is 9.18 Å². The molecule has 1 heterocycles. The highest BCUT2D eigenvalue weighted by Gasteiger charge is 2.35. The minimum Gasteiger partial charge on any atom is -0.272 e. The molecule has 0 saturated heterocycles. The molecule has 2 aliphatic rings. The maximum atomic E-state index is 12.9. The number of rotatable bonds is 2. The van der Waals surface area contributed by atoms with Gasteiger partial charge in [-0.1, -0.05) is 25.0 Å². The van der Waals surface area contributed by atoms with Crippen molar-refractivity contribution in [1.82, 2.24) is 5.01 Å². The largest absolute Gasteiger partial charge is 0.272 e. The van der Waals surface area contributed by atoms with Crippen molar-refractivity contribution in [3.63, 3.8) is 0 Å². The number of hydrazone groups is 1. The van der Waals surface area contributed by atoms with E-state index in [1.54, 1.807) is 17.1 Å². The Hall–Kier alpha value is -1.71. The third-order valence-electron chi connectivity index (χ3n) is 3.88. The molecule has 3 rings (SSSR count). The third-order valence-corrected chi connectivity index (χ3v) is 3.88. The van der Waals surface area contributed by atoms with Crippen LogP contribution in [0.2, 0.25) is 0 Å². The van der Waals surface area contributed by atoms with Gasteiger partial charge in [0.1, 0.15) is 5.82 Å². The predicted molar refractivity (Wildman–Crippen MR) is 71.0 cm³/mol. The van der Waals surface area contributed by atoms with Crippen LogP contribution in [0.15, 0.2) is 29.4 Å². The number of carbonyl (C=O) groups excluding carboxylic acids is 1. The highest BCUT2D eigenvalue weighted by Crippen LogP contribution is 2.28. The first-order valence-electron chi connectivity index (χ1n) is 6.87. The molecule has 0 bridgehead atoms. The molecule has 1 aromatic rings. The van der Waals surface area contributed by atoms with Crippen LogP contribution in [0.25, 0.3) is 0 Å². The topological polar surface area (TPSA) is 32.7 Å². The van der Waals surface area contributed by atoms with Gasteiger partial charge in [-0.2, -0.15) is 5.10 Å². The van der Waals surface area contributed by atoms with Crippen molar-refractivity contribution >= 4 is 11.6 Å². The van der Waals surface area contributed by atoms with E-state index < -0.39 is 0 Å². The Morgan fingerprint density at radius 1 is 1.21 bits per heavy atom. The molecule has 1 saturated carbocycles. The van der Waals surface area contributed by atoms with Crippen molar-refractivity contribution in [3.05, 3.63) is 35.6 Å². The number of halogens is 1. The first-order chi connectivity index (χ1) is 9.24. The van der Waals surface area contributed by atoms with Crippen LogP contribution in [0.5, 0.6) is 0 Å². The second kappa shape index (κ2) is 5.11. The van der Waals surface area contributed by atoms with Crippen molar-refractivity contribution in [1.29, 1.82) is 0 Å². The summed E-state index contributed by atoms with van der Waals surface area (Å²) in [5.41, 5.74) is 1.96. The standard InChI is InChI=1S/C15H17FN2O/c16-12-8-6-11(7-9-12)10-18-15(19)13-4-2-1-3-5-14(13)17-18/h6-9,13H,1-5,10H2. The van der Waals surface area contributed by atoms with Crippen LogP contribution in [-0.2, 0) is 11.3 Å². The van der Waals surface area contributed by atoms with E-state index in [4.69, 9.17) is 0 Å². The predicted octanol–water partition coefficient (Wildman–Crippen LogP) is 3.10. The van der Waals surface area contributed by atoms with Crippen molar-refractivity contribution in [2.24, 2.45) is 11.0 Å². The number of hydrogen-bond acceptors (Lipinski definition) is 2. The van der Waals surface area contributed by atoms with Crippen molar-refractivity contribution in [3.8, 4) is 0 Å². The van der Waals surface area contributed by atoms with Gasteiger partial charge >= 0.3 is 0 Å². The summed E-state index contributed by atoms with van der Waals surface area (Å²) in [6.45, 7) is 0.444. The summed E-state index contributed by atoms with van der Waals surface area (Å²) in [5.74, 6) is -0.142. The minimum atomic E-state index is -0.257. The lowest BCUT2D eigenvalue weighted by Gasteiger charge is -2.14. The summed E-state index contributed by atoms with van der Waals surface area (Å²) < 4.78 is 12.9. The molecule has 0 aromatic heterocycles. The fourth-order valence-electron chi connectivity index (χ4n) is 2.82. The van der Waals surface area contributed by atoms with Crippen molar-refractivity contribution < 1.29 is 9.18 Å². The van der Waals surface area contributed by atoms with Gasteiger partial charge in [0, 0.05) is 0 Å². The number of amides is 1. The zero-order valence-corrected chi connectivity index (χ0v) is 10.8. The van der Waals surface area contributed by atoms with Crippen molar-refractivity contribution in [2.75, 3.05) is 0 Å². The summed E-state index contributed by atoms with van der Waals surface area (Å²) in [5, 5.41) is 6.03. The number of nitrogens with zero attached hydrogens (tertiary/aromatic N) is 2. The zero-order chi connectivity index (χ0) is 13.2. The van der Waals surface area contributed by atoms with Crippen molar-refractivity contribution in [2.45, 2.75) is 38.6 Å². The molecule has 100 valence electrons. The molecule has 0 radical (unpaired) electrons. The van der Waals surface area contributed by atoms with Crippen LogP contribution >= 0.6 is 0 Å². The molecule has 4 heteroatoms. The first kappa shape index (κ1) is 12.3. The van der Waals surface area contributed by atoms with Gasteiger partial charge in [0.15, 0.2) is 0 Å². The lowest BCUT2D eigenvalue weighted by atomic mass is 9.98. The second-order valence-electron chi connectivity index (χ2n) is 5.27. The quantitative estimate of drug-likeness (QED) is 0.804. The van der Waals surface area contributed by atoms with E-state index in [0.29, 0.717) is 6.54 Å². The Bertz CT molecular complexity index is 509. The molecule has 1 unspecified atom stereocenters. The minimum absolute atomic E-state index is 0.00273. The maximum Gasteiger partial charge on any atom is 0.251 e. The van der Waals surface area contributed by atoms with Crippen LogP contribution in [0.1, 0.15) is 37.7 Å². The van der Waals surface area contributed by atoms with E-state index in [-0.39, 0.29) is 17.6 Å². The third kappa shape index (κ3) is 2.53. The van der Waals surface area contributed by atoms with Gasteiger partial charge in [-0.05, 0) is 37.0 Å². The molecular weight excluding hydrogens is 243 g/mol. The SMILES string of the molecule is O=C1C2CCCCCC2=NN1Cc1ccc(F)cc1.